The van der Waals surface area contributed by atoms with Crippen LogP contribution in [0.4, 0.5) is 0 Å². The van der Waals surface area contributed by atoms with Crippen LogP contribution in [-0.4, -0.2) is 9.36 Å². The number of hydrogen-bond donors (Lipinski definition) is 0. The Morgan fingerprint density at radius 1 is 1.38 bits per heavy atom. The molecule has 2 rings (SSSR count). The molecular formula is C9H7BrN2S. The predicted molar refractivity (Wildman–Crippen MR) is 57.8 cm³/mol. The fraction of sp³-hybridized carbons (Fsp3) is 0.111. The highest BCUT2D eigenvalue weighted by molar-refractivity contribution is 9.10. The van der Waals surface area contributed by atoms with E-state index in [-0.39, 0.29) is 0 Å². The van der Waals surface area contributed by atoms with Crippen LogP contribution in [0.3, 0.4) is 0 Å². The topological polar surface area (TPSA) is 25.8 Å². The van der Waals surface area contributed by atoms with Crippen LogP contribution in [0.15, 0.2) is 28.9 Å². The zero-order valence-corrected chi connectivity index (χ0v) is 9.39. The molecule has 2 aromatic rings. The van der Waals surface area contributed by atoms with Crippen molar-refractivity contribution in [1.82, 2.24) is 9.36 Å². The lowest BCUT2D eigenvalue weighted by Gasteiger charge is -1.94. The second kappa shape index (κ2) is 3.55. The smallest absolute Gasteiger partial charge is 0.117 e. The highest BCUT2D eigenvalue weighted by atomic mass is 79.9. The first-order valence-corrected chi connectivity index (χ1v) is 5.39. The van der Waals surface area contributed by atoms with Crippen molar-refractivity contribution in [2.24, 2.45) is 0 Å². The molecule has 66 valence electrons. The van der Waals surface area contributed by atoms with E-state index in [1.165, 1.54) is 16.4 Å². The highest BCUT2D eigenvalue weighted by Crippen LogP contribution is 2.30. The van der Waals surface area contributed by atoms with E-state index in [0.717, 1.165) is 15.9 Å². The molecule has 0 saturated heterocycles. The van der Waals surface area contributed by atoms with E-state index in [2.05, 4.69) is 25.3 Å². The number of aryl methyl sites for hydroxylation is 1. The van der Waals surface area contributed by atoms with Crippen molar-refractivity contribution in [2.45, 2.75) is 6.92 Å². The van der Waals surface area contributed by atoms with E-state index >= 15 is 0 Å². The number of hydrogen-bond acceptors (Lipinski definition) is 3. The number of halogens is 1. The Morgan fingerprint density at radius 2 is 2.23 bits per heavy atom. The fourth-order valence-electron chi connectivity index (χ4n) is 1.02. The molecule has 0 spiro atoms. The van der Waals surface area contributed by atoms with E-state index < -0.39 is 0 Å². The van der Waals surface area contributed by atoms with Crippen LogP contribution >= 0.6 is 27.5 Å². The molecule has 4 heteroatoms. The summed E-state index contributed by atoms with van der Waals surface area (Å²) in [5.41, 5.74) is 1.85. The lowest BCUT2D eigenvalue weighted by atomic mass is 10.2. The first-order valence-electron chi connectivity index (χ1n) is 3.82. The summed E-state index contributed by atoms with van der Waals surface area (Å²) in [5, 5.41) is 0. The third kappa shape index (κ3) is 1.64. The summed E-state index contributed by atoms with van der Waals surface area (Å²) in [4.78, 5) is 5.42. The molecule has 2 heterocycles. The van der Waals surface area contributed by atoms with Gasteiger partial charge in [0.05, 0.1) is 10.2 Å². The summed E-state index contributed by atoms with van der Waals surface area (Å²) in [7, 11) is 0. The van der Waals surface area contributed by atoms with Gasteiger partial charge in [-0.05, 0) is 46.5 Å². The van der Waals surface area contributed by atoms with Crippen LogP contribution in [0.25, 0.3) is 11.4 Å². The average molecular weight is 255 g/mol. The van der Waals surface area contributed by atoms with Crippen molar-refractivity contribution in [3.63, 3.8) is 0 Å². The van der Waals surface area contributed by atoms with Gasteiger partial charge in [0.25, 0.3) is 0 Å². The molecule has 13 heavy (non-hydrogen) atoms. The van der Waals surface area contributed by atoms with Crippen LogP contribution in [-0.2, 0) is 0 Å². The molecule has 0 N–H and O–H groups in total. The summed E-state index contributed by atoms with van der Waals surface area (Å²) in [6.45, 7) is 2.04. The Balaban J connectivity index is 2.53. The Labute approximate surface area is 88.9 Å². The van der Waals surface area contributed by atoms with E-state index in [1.807, 2.05) is 25.1 Å². The Bertz CT molecular complexity index is 411. The van der Waals surface area contributed by atoms with Crippen LogP contribution in [0, 0.1) is 6.92 Å². The molecule has 2 aromatic heterocycles. The second-order valence-electron chi connectivity index (χ2n) is 2.62. The predicted octanol–water partition coefficient (Wildman–Crippen LogP) is 3.28. The van der Waals surface area contributed by atoms with Gasteiger partial charge in [-0.15, -0.1) is 0 Å². The fourth-order valence-corrected chi connectivity index (χ4v) is 2.24. The zero-order chi connectivity index (χ0) is 9.26. The summed E-state index contributed by atoms with van der Waals surface area (Å²) in [5.74, 6) is 0. The van der Waals surface area contributed by atoms with Crippen molar-refractivity contribution >= 4 is 27.5 Å². The summed E-state index contributed by atoms with van der Waals surface area (Å²) in [6, 6.07) is 5.82. The van der Waals surface area contributed by atoms with Gasteiger partial charge in [-0.25, -0.2) is 0 Å². The van der Waals surface area contributed by atoms with E-state index in [9.17, 15) is 0 Å². The van der Waals surface area contributed by atoms with Gasteiger partial charge in [0.1, 0.15) is 5.69 Å². The lowest BCUT2D eigenvalue weighted by Crippen LogP contribution is -1.81. The molecule has 0 aliphatic carbocycles. The van der Waals surface area contributed by atoms with Crippen molar-refractivity contribution in [1.29, 1.82) is 0 Å². The first kappa shape index (κ1) is 8.84. The molecule has 0 unspecified atom stereocenters. The zero-order valence-electron chi connectivity index (χ0n) is 6.99. The summed E-state index contributed by atoms with van der Waals surface area (Å²) in [6.07, 6.45) is 1.77. The molecule has 0 radical (unpaired) electrons. The number of aromatic nitrogens is 2. The lowest BCUT2D eigenvalue weighted by molar-refractivity contribution is 1.30. The molecule has 0 atom stereocenters. The Hall–Kier alpha value is -0.740. The number of rotatable bonds is 1. The number of pyridine rings is 1. The van der Waals surface area contributed by atoms with E-state index in [4.69, 9.17) is 0 Å². The summed E-state index contributed by atoms with van der Waals surface area (Å²) >= 11 is 4.98. The van der Waals surface area contributed by atoms with Crippen LogP contribution in [0.2, 0.25) is 0 Å². The number of nitrogens with zero attached hydrogens (tertiary/aromatic N) is 2. The quantitative estimate of drug-likeness (QED) is 0.781. The van der Waals surface area contributed by atoms with Crippen LogP contribution in [0.1, 0.15) is 4.88 Å². The van der Waals surface area contributed by atoms with Gasteiger partial charge in [0.2, 0.25) is 0 Å². The van der Waals surface area contributed by atoms with E-state index in [1.54, 1.807) is 6.20 Å². The maximum absolute atomic E-state index is 4.32. The van der Waals surface area contributed by atoms with Gasteiger partial charge in [0, 0.05) is 11.1 Å². The third-order valence-corrected chi connectivity index (χ3v) is 3.68. The van der Waals surface area contributed by atoms with Crippen LogP contribution < -0.4 is 0 Å². The normalized spacial score (nSPS) is 10.3. The SMILES string of the molecule is Cc1snc(-c2ccccn2)c1Br. The molecule has 0 aliphatic heterocycles. The molecule has 0 bridgehead atoms. The maximum atomic E-state index is 4.32. The molecule has 0 fully saturated rings. The molecule has 0 aromatic carbocycles. The van der Waals surface area contributed by atoms with Gasteiger partial charge in [-0.2, -0.15) is 4.37 Å². The molecule has 0 aliphatic rings. The highest BCUT2D eigenvalue weighted by Gasteiger charge is 2.09. The van der Waals surface area contributed by atoms with E-state index in [0.29, 0.717) is 0 Å². The van der Waals surface area contributed by atoms with Crippen molar-refractivity contribution in [2.75, 3.05) is 0 Å². The largest absolute Gasteiger partial charge is 0.255 e. The monoisotopic (exact) mass is 254 g/mol. The van der Waals surface area contributed by atoms with Crippen molar-refractivity contribution < 1.29 is 0 Å². The van der Waals surface area contributed by atoms with Gasteiger partial charge >= 0.3 is 0 Å². The summed E-state index contributed by atoms with van der Waals surface area (Å²) < 4.78 is 5.37. The van der Waals surface area contributed by atoms with Gasteiger partial charge in [-0.1, -0.05) is 6.07 Å². The standard InChI is InChI=1S/C9H7BrN2S/c1-6-8(10)9(12-13-6)7-4-2-3-5-11-7/h2-5H,1H3. The Kier molecular flexibility index (Phi) is 2.42. The molecule has 2 nitrogen and oxygen atoms in total. The van der Waals surface area contributed by atoms with Gasteiger partial charge in [-0.3, -0.25) is 4.98 Å². The minimum Gasteiger partial charge on any atom is -0.255 e. The minimum absolute atomic E-state index is 0.915. The maximum Gasteiger partial charge on any atom is 0.117 e. The molecule has 0 saturated carbocycles. The average Bonchev–Trinajstić information content (AvgIpc) is 2.49. The van der Waals surface area contributed by atoms with Crippen molar-refractivity contribution in [3.8, 4) is 11.4 Å². The minimum atomic E-state index is 0.915. The molecular weight excluding hydrogens is 248 g/mol. The van der Waals surface area contributed by atoms with Crippen LogP contribution in [0.5, 0.6) is 0 Å². The molecule has 0 amide bonds. The first-order chi connectivity index (χ1) is 6.29. The second-order valence-corrected chi connectivity index (χ2v) is 4.39. The van der Waals surface area contributed by atoms with Crippen molar-refractivity contribution in [3.05, 3.63) is 33.7 Å². The van der Waals surface area contributed by atoms with Gasteiger partial charge < -0.3 is 0 Å². The Morgan fingerprint density at radius 3 is 2.77 bits per heavy atom. The third-order valence-electron chi connectivity index (χ3n) is 1.70. The van der Waals surface area contributed by atoms with Gasteiger partial charge in [0.15, 0.2) is 0 Å².